The van der Waals surface area contributed by atoms with Crippen LogP contribution in [0.2, 0.25) is 5.02 Å². The molecule has 2 aromatic rings. The van der Waals surface area contributed by atoms with Crippen LogP contribution in [0.15, 0.2) is 32.8 Å². The molecule has 4 nitrogen and oxygen atoms in total. The number of nitrogens with one attached hydrogen (secondary N) is 2. The van der Waals surface area contributed by atoms with Crippen molar-refractivity contribution in [2.75, 3.05) is 18.9 Å². The Bertz CT molecular complexity index is 664. The van der Waals surface area contributed by atoms with Gasteiger partial charge in [0.25, 0.3) is 0 Å². The molecule has 23 heavy (non-hydrogen) atoms. The lowest BCUT2D eigenvalue weighted by molar-refractivity contribution is -0.119. The van der Waals surface area contributed by atoms with Gasteiger partial charge in [-0.05, 0) is 32.2 Å². The van der Waals surface area contributed by atoms with E-state index in [2.05, 4.69) is 15.6 Å². The molecule has 8 heteroatoms. The number of carbonyl (C=O) groups is 1. The summed E-state index contributed by atoms with van der Waals surface area (Å²) in [4.78, 5) is 17.3. The van der Waals surface area contributed by atoms with E-state index in [1.165, 1.54) is 11.8 Å². The van der Waals surface area contributed by atoms with Gasteiger partial charge in [0.15, 0.2) is 4.34 Å². The van der Waals surface area contributed by atoms with Crippen molar-refractivity contribution < 1.29 is 4.79 Å². The van der Waals surface area contributed by atoms with Crippen molar-refractivity contribution in [3.8, 4) is 0 Å². The summed E-state index contributed by atoms with van der Waals surface area (Å²) in [7, 11) is 1.83. The third kappa shape index (κ3) is 5.97. The molecule has 0 aliphatic heterocycles. The molecule has 1 atom stereocenters. The Labute approximate surface area is 155 Å². The first-order valence-corrected chi connectivity index (χ1v) is 8.92. The predicted molar refractivity (Wildman–Crippen MR) is 101 cm³/mol. The molecule has 2 rings (SSSR count). The molecule has 1 aromatic carbocycles. The molecule has 0 fully saturated rings. The molecule has 1 unspecified atom stereocenters. The third-order valence-corrected chi connectivity index (χ3v) is 5.51. The van der Waals surface area contributed by atoms with E-state index in [9.17, 15) is 4.79 Å². The van der Waals surface area contributed by atoms with Crippen LogP contribution in [0.25, 0.3) is 0 Å². The first-order valence-electron chi connectivity index (χ1n) is 6.84. The van der Waals surface area contributed by atoms with Gasteiger partial charge >= 0.3 is 0 Å². The highest BCUT2D eigenvalue weighted by molar-refractivity contribution is 8.01. The number of rotatable bonds is 6. The number of halogens is 2. The highest BCUT2D eigenvalue weighted by Crippen LogP contribution is 2.36. The molecule has 1 amide bonds. The molecule has 0 spiro atoms. The fourth-order valence-electron chi connectivity index (χ4n) is 1.80. The van der Waals surface area contributed by atoms with Crippen LogP contribution in [0.1, 0.15) is 12.6 Å². The Morgan fingerprint density at radius 3 is 2.78 bits per heavy atom. The fraction of sp³-hybridized carbons (Fsp3) is 0.333. The van der Waals surface area contributed by atoms with E-state index < -0.39 is 0 Å². The van der Waals surface area contributed by atoms with Gasteiger partial charge in [-0.15, -0.1) is 23.7 Å². The Balaban J connectivity index is 0.00000264. The minimum atomic E-state index is -0.101. The third-order valence-electron chi connectivity index (χ3n) is 2.95. The Kier molecular flexibility index (Phi) is 8.36. The quantitative estimate of drug-likeness (QED) is 0.762. The van der Waals surface area contributed by atoms with E-state index in [1.807, 2.05) is 38.4 Å². The van der Waals surface area contributed by atoms with Gasteiger partial charge in [0.05, 0.1) is 5.02 Å². The lowest BCUT2D eigenvalue weighted by Crippen LogP contribution is -2.28. The van der Waals surface area contributed by atoms with E-state index in [-0.39, 0.29) is 24.2 Å². The lowest BCUT2D eigenvalue weighted by atomic mass is 10.1. The molecule has 0 saturated heterocycles. The van der Waals surface area contributed by atoms with Crippen LogP contribution < -0.4 is 10.6 Å². The number of nitrogens with zero attached hydrogens (tertiary/aromatic N) is 1. The van der Waals surface area contributed by atoms with Gasteiger partial charge in [-0.2, -0.15) is 0 Å². The normalized spacial score (nSPS) is 11.7. The maximum absolute atomic E-state index is 12.0. The summed E-state index contributed by atoms with van der Waals surface area (Å²) in [5, 5.41) is 8.48. The van der Waals surface area contributed by atoms with Gasteiger partial charge in [-0.25, -0.2) is 4.98 Å². The average molecular weight is 392 g/mol. The zero-order valence-corrected chi connectivity index (χ0v) is 16.3. The molecular formula is C15H19Cl2N3OS2. The first-order chi connectivity index (χ1) is 10.5. The van der Waals surface area contributed by atoms with Gasteiger partial charge in [0.2, 0.25) is 5.91 Å². The summed E-state index contributed by atoms with van der Waals surface area (Å²) < 4.78 is 0.957. The number of benzene rings is 1. The summed E-state index contributed by atoms with van der Waals surface area (Å²) in [5.41, 5.74) is 1.71. The number of carbonyl (C=O) groups excluding carboxylic acids is 1. The van der Waals surface area contributed by atoms with Crippen LogP contribution in [0, 0.1) is 12.8 Å². The van der Waals surface area contributed by atoms with E-state index >= 15 is 0 Å². The highest BCUT2D eigenvalue weighted by atomic mass is 35.5. The second-order valence-electron chi connectivity index (χ2n) is 4.95. The molecule has 2 N–H and O–H groups in total. The topological polar surface area (TPSA) is 54.0 Å². The number of anilines is 1. The molecular weight excluding hydrogens is 373 g/mol. The maximum atomic E-state index is 12.0. The zero-order valence-electron chi connectivity index (χ0n) is 13.1. The minimum absolute atomic E-state index is 0. The molecule has 0 bridgehead atoms. The second kappa shape index (κ2) is 9.49. The number of thiazole rings is 1. The van der Waals surface area contributed by atoms with Crippen LogP contribution >= 0.6 is 47.1 Å². The summed E-state index contributed by atoms with van der Waals surface area (Å²) in [5.74, 6) is -0.127. The Morgan fingerprint density at radius 2 is 2.22 bits per heavy atom. The summed E-state index contributed by atoms with van der Waals surface area (Å²) >= 11 is 9.43. The maximum Gasteiger partial charge on any atom is 0.228 e. The Morgan fingerprint density at radius 1 is 1.48 bits per heavy atom. The van der Waals surface area contributed by atoms with E-state index in [4.69, 9.17) is 11.6 Å². The molecule has 0 radical (unpaired) electrons. The molecule has 1 aromatic heterocycles. The van der Waals surface area contributed by atoms with Crippen LogP contribution in [0.4, 0.5) is 5.69 Å². The summed E-state index contributed by atoms with van der Waals surface area (Å²) in [6.07, 6.45) is 0. The van der Waals surface area contributed by atoms with Crippen molar-refractivity contribution in [1.29, 1.82) is 0 Å². The number of hydrogen-bond donors (Lipinski definition) is 2. The van der Waals surface area contributed by atoms with Gasteiger partial charge in [-0.1, -0.05) is 30.3 Å². The number of aryl methyl sites for hydroxylation is 1. The van der Waals surface area contributed by atoms with Crippen molar-refractivity contribution >= 4 is 58.7 Å². The van der Waals surface area contributed by atoms with Gasteiger partial charge in [-0.3, -0.25) is 4.79 Å². The fourth-order valence-corrected chi connectivity index (χ4v) is 3.89. The molecule has 126 valence electrons. The number of amides is 1. The van der Waals surface area contributed by atoms with Crippen LogP contribution in [-0.2, 0) is 4.79 Å². The summed E-state index contributed by atoms with van der Waals surface area (Å²) in [6.45, 7) is 4.48. The average Bonchev–Trinajstić information content (AvgIpc) is 2.87. The van der Waals surface area contributed by atoms with Crippen LogP contribution in [-0.4, -0.2) is 24.5 Å². The zero-order chi connectivity index (χ0) is 16.1. The van der Waals surface area contributed by atoms with Crippen molar-refractivity contribution in [2.45, 2.75) is 23.1 Å². The van der Waals surface area contributed by atoms with Crippen molar-refractivity contribution in [1.82, 2.24) is 10.3 Å². The van der Waals surface area contributed by atoms with Crippen LogP contribution in [0.5, 0.6) is 0 Å². The molecule has 1 heterocycles. The monoisotopic (exact) mass is 391 g/mol. The molecule has 0 saturated carbocycles. The Hall–Kier alpha value is -0.790. The second-order valence-corrected chi connectivity index (χ2v) is 7.50. The van der Waals surface area contributed by atoms with E-state index in [0.29, 0.717) is 17.3 Å². The SMILES string of the molecule is CNCC(C)C(=O)Nc1ccc(Sc2nc(C)cs2)c(Cl)c1.Cl. The standard InChI is InChI=1S/C15H18ClN3OS2.ClH/c1-9(7-17-3)14(20)19-11-4-5-13(12(16)6-11)22-15-18-10(2)8-21-15;/h4-6,8-9,17H,7H2,1-3H3,(H,19,20);1H. The van der Waals surface area contributed by atoms with Gasteiger partial charge in [0, 0.05) is 34.1 Å². The van der Waals surface area contributed by atoms with E-state index in [1.54, 1.807) is 17.4 Å². The predicted octanol–water partition coefficient (Wildman–Crippen LogP) is 4.47. The smallest absolute Gasteiger partial charge is 0.228 e. The van der Waals surface area contributed by atoms with Crippen molar-refractivity contribution in [3.63, 3.8) is 0 Å². The van der Waals surface area contributed by atoms with Crippen molar-refractivity contribution in [3.05, 3.63) is 34.3 Å². The van der Waals surface area contributed by atoms with Crippen molar-refractivity contribution in [2.24, 2.45) is 5.92 Å². The van der Waals surface area contributed by atoms with Gasteiger partial charge in [0.1, 0.15) is 0 Å². The largest absolute Gasteiger partial charge is 0.326 e. The van der Waals surface area contributed by atoms with E-state index in [0.717, 1.165) is 14.9 Å². The minimum Gasteiger partial charge on any atom is -0.326 e. The molecule has 0 aliphatic carbocycles. The number of hydrogen-bond acceptors (Lipinski definition) is 5. The van der Waals surface area contributed by atoms with Crippen LogP contribution in [0.3, 0.4) is 0 Å². The van der Waals surface area contributed by atoms with Gasteiger partial charge < -0.3 is 10.6 Å². The highest BCUT2D eigenvalue weighted by Gasteiger charge is 2.13. The lowest BCUT2D eigenvalue weighted by Gasteiger charge is -2.12. The number of aromatic nitrogens is 1. The first kappa shape index (κ1) is 20.3. The molecule has 0 aliphatic rings. The summed E-state index contributed by atoms with van der Waals surface area (Å²) in [6, 6.07) is 5.54.